The number of hydrogen-bond acceptors (Lipinski definition) is 7. The summed E-state index contributed by atoms with van der Waals surface area (Å²) in [5, 5.41) is 15.7. The number of sulfonamides is 1. The highest BCUT2D eigenvalue weighted by molar-refractivity contribution is 7.92. The summed E-state index contributed by atoms with van der Waals surface area (Å²) in [4.78, 5) is 21.6. The van der Waals surface area contributed by atoms with Crippen molar-refractivity contribution in [1.29, 1.82) is 0 Å². The number of aromatic nitrogens is 3. The summed E-state index contributed by atoms with van der Waals surface area (Å²) in [6.45, 7) is 5.93. The van der Waals surface area contributed by atoms with Gasteiger partial charge in [-0.3, -0.25) is 9.36 Å². The van der Waals surface area contributed by atoms with Crippen LogP contribution in [-0.2, 0) is 10.0 Å². The molecule has 0 aromatic carbocycles. The average Bonchev–Trinajstić information content (AvgIpc) is 3.07. The van der Waals surface area contributed by atoms with E-state index in [1.165, 1.54) is 10.4 Å². The molecule has 2 N–H and O–H groups in total. The fraction of sp³-hybridized carbons (Fsp3) is 0.550. The molecule has 2 aliphatic rings. The van der Waals surface area contributed by atoms with Crippen molar-refractivity contribution in [3.63, 3.8) is 0 Å². The number of aliphatic hydroxyl groups is 1. The Morgan fingerprint density at radius 1 is 1.30 bits per heavy atom. The number of anilines is 1. The van der Waals surface area contributed by atoms with Crippen molar-refractivity contribution in [2.24, 2.45) is 0 Å². The van der Waals surface area contributed by atoms with Crippen LogP contribution in [-0.4, -0.2) is 57.1 Å². The van der Waals surface area contributed by atoms with Crippen LogP contribution < -0.4 is 10.9 Å². The molecule has 0 unspecified atom stereocenters. The lowest BCUT2D eigenvalue weighted by atomic mass is 10.00. The molecule has 10 heteroatoms. The second-order valence-corrected chi connectivity index (χ2v) is 10.2. The maximum absolute atomic E-state index is 12.7. The van der Waals surface area contributed by atoms with Crippen LogP contribution in [0.15, 0.2) is 35.1 Å². The molecule has 0 bridgehead atoms. The summed E-state index contributed by atoms with van der Waals surface area (Å²) < 4.78 is 26.9. The van der Waals surface area contributed by atoms with E-state index in [0.717, 1.165) is 23.6 Å². The first kappa shape index (κ1) is 21.0. The molecular weight excluding hydrogens is 406 g/mol. The van der Waals surface area contributed by atoms with Crippen LogP contribution in [0.4, 0.5) is 5.95 Å². The molecule has 1 aliphatic heterocycles. The van der Waals surface area contributed by atoms with E-state index in [1.807, 2.05) is 0 Å². The number of nitrogens with one attached hydrogen (secondary N) is 1. The lowest BCUT2D eigenvalue weighted by Crippen LogP contribution is -2.41. The van der Waals surface area contributed by atoms with Gasteiger partial charge in [-0.1, -0.05) is 6.58 Å². The Morgan fingerprint density at radius 3 is 2.67 bits per heavy atom. The maximum atomic E-state index is 12.7. The number of hydrogen-bond donors (Lipinski definition) is 2. The van der Waals surface area contributed by atoms with E-state index >= 15 is 0 Å². The van der Waals surface area contributed by atoms with Gasteiger partial charge in [0.15, 0.2) is 0 Å². The number of rotatable bonds is 5. The zero-order chi connectivity index (χ0) is 21.5. The number of nitrogens with zero attached hydrogens (tertiary/aromatic N) is 4. The highest BCUT2D eigenvalue weighted by Gasteiger charge is 2.39. The fourth-order valence-electron chi connectivity index (χ4n) is 4.49. The molecule has 2 fully saturated rings. The van der Waals surface area contributed by atoms with E-state index in [0.29, 0.717) is 43.9 Å². The molecular formula is C20H27N5O4S. The van der Waals surface area contributed by atoms with Crippen molar-refractivity contribution in [3.8, 4) is 0 Å². The third-order valence-corrected chi connectivity index (χ3v) is 7.72. The smallest absolute Gasteiger partial charge is 0.252 e. The Balaban J connectivity index is 1.59. The summed E-state index contributed by atoms with van der Waals surface area (Å²) in [7, 11) is -3.40. The molecule has 4 rings (SSSR count). The Hall–Kier alpha value is -2.30. The topological polar surface area (TPSA) is 117 Å². The molecule has 0 amide bonds. The minimum atomic E-state index is -3.40. The Kier molecular flexibility index (Phi) is 5.41. The maximum Gasteiger partial charge on any atom is 0.252 e. The Morgan fingerprint density at radius 2 is 2.03 bits per heavy atom. The van der Waals surface area contributed by atoms with Crippen molar-refractivity contribution >= 4 is 27.0 Å². The molecule has 162 valence electrons. The minimum Gasteiger partial charge on any atom is -0.388 e. The van der Waals surface area contributed by atoms with Gasteiger partial charge in [-0.2, -0.15) is 9.29 Å². The molecule has 30 heavy (non-hydrogen) atoms. The monoisotopic (exact) mass is 433 g/mol. The molecule has 1 saturated heterocycles. The van der Waals surface area contributed by atoms with Crippen molar-refractivity contribution < 1.29 is 13.5 Å². The standard InChI is InChI=1S/C20H27N5O4S/c1-3-30(28,29)24-11-8-15(9-12-24)22-19-21-13-14-6-7-17(26)25(18(14)23-19)16-5-4-10-20(16,2)27/h3,6-7,13,15-16,27H,1,4-5,8-12H2,2H3,(H,21,22,23)/t16-,20-/m1/s1. The summed E-state index contributed by atoms with van der Waals surface area (Å²) in [6.07, 6.45) is 5.11. The molecule has 0 radical (unpaired) electrons. The quantitative estimate of drug-likeness (QED) is 0.736. The van der Waals surface area contributed by atoms with Crippen molar-refractivity contribution in [2.45, 2.75) is 56.7 Å². The van der Waals surface area contributed by atoms with Crippen LogP contribution in [0.1, 0.15) is 45.1 Å². The average molecular weight is 434 g/mol. The van der Waals surface area contributed by atoms with Crippen molar-refractivity contribution in [1.82, 2.24) is 18.8 Å². The van der Waals surface area contributed by atoms with Gasteiger partial charge < -0.3 is 10.4 Å². The highest BCUT2D eigenvalue weighted by atomic mass is 32.2. The van der Waals surface area contributed by atoms with E-state index in [9.17, 15) is 18.3 Å². The summed E-state index contributed by atoms with van der Waals surface area (Å²) >= 11 is 0. The number of piperidine rings is 1. The SMILES string of the molecule is C=CS(=O)(=O)N1CCC(Nc2ncc3ccc(=O)n([C@@H]4CCC[C@@]4(C)O)c3n2)CC1. The van der Waals surface area contributed by atoms with Gasteiger partial charge in [0, 0.05) is 42.2 Å². The predicted molar refractivity (Wildman–Crippen MR) is 115 cm³/mol. The van der Waals surface area contributed by atoms with E-state index in [1.54, 1.807) is 23.8 Å². The first-order valence-corrected chi connectivity index (χ1v) is 11.7. The van der Waals surface area contributed by atoms with E-state index in [-0.39, 0.29) is 17.6 Å². The number of pyridine rings is 1. The first-order valence-electron chi connectivity index (χ1n) is 10.2. The van der Waals surface area contributed by atoms with Gasteiger partial charge in [0.2, 0.25) is 16.0 Å². The van der Waals surface area contributed by atoms with Crippen LogP contribution in [0.5, 0.6) is 0 Å². The van der Waals surface area contributed by atoms with Gasteiger partial charge in [-0.25, -0.2) is 13.4 Å². The van der Waals surface area contributed by atoms with Crippen molar-refractivity contribution in [2.75, 3.05) is 18.4 Å². The van der Waals surface area contributed by atoms with Gasteiger partial charge in [0.1, 0.15) is 5.65 Å². The van der Waals surface area contributed by atoms with Gasteiger partial charge >= 0.3 is 0 Å². The predicted octanol–water partition coefficient (Wildman–Crippen LogP) is 1.62. The minimum absolute atomic E-state index is 0.0252. The Bertz CT molecular complexity index is 1120. The second kappa shape index (κ2) is 7.75. The lowest BCUT2D eigenvalue weighted by Gasteiger charge is -2.31. The van der Waals surface area contributed by atoms with Gasteiger partial charge in [-0.15, -0.1) is 0 Å². The Labute approximate surface area is 175 Å². The van der Waals surface area contributed by atoms with E-state index in [2.05, 4.69) is 21.9 Å². The summed E-state index contributed by atoms with van der Waals surface area (Å²) in [6, 6.07) is 2.88. The molecule has 9 nitrogen and oxygen atoms in total. The van der Waals surface area contributed by atoms with Crippen LogP contribution in [0, 0.1) is 0 Å². The van der Waals surface area contributed by atoms with E-state index < -0.39 is 15.6 Å². The van der Waals surface area contributed by atoms with Crippen molar-refractivity contribution in [3.05, 3.63) is 40.7 Å². The van der Waals surface area contributed by atoms with Gasteiger partial charge in [0.25, 0.3) is 5.56 Å². The molecule has 2 aromatic heterocycles. The van der Waals surface area contributed by atoms with Gasteiger partial charge in [0.05, 0.1) is 11.6 Å². The highest BCUT2D eigenvalue weighted by Crippen LogP contribution is 2.39. The molecule has 1 saturated carbocycles. The third-order valence-electron chi connectivity index (χ3n) is 6.21. The van der Waals surface area contributed by atoms with Crippen LogP contribution in [0.3, 0.4) is 0 Å². The zero-order valence-corrected chi connectivity index (χ0v) is 17.8. The molecule has 0 spiro atoms. The fourth-order valence-corrected chi connectivity index (χ4v) is 5.42. The van der Waals surface area contributed by atoms with Crippen LogP contribution in [0.25, 0.3) is 11.0 Å². The molecule has 3 heterocycles. The summed E-state index contributed by atoms with van der Waals surface area (Å²) in [5.74, 6) is 0.393. The summed E-state index contributed by atoms with van der Waals surface area (Å²) in [5.41, 5.74) is -0.652. The lowest BCUT2D eigenvalue weighted by molar-refractivity contribution is 0.0267. The van der Waals surface area contributed by atoms with E-state index in [4.69, 9.17) is 0 Å². The number of fused-ring (bicyclic) bond motifs is 1. The normalized spacial score (nSPS) is 26.1. The first-order chi connectivity index (χ1) is 14.2. The third kappa shape index (κ3) is 3.86. The van der Waals surface area contributed by atoms with Crippen LogP contribution >= 0.6 is 0 Å². The second-order valence-electron chi connectivity index (χ2n) is 8.31. The molecule has 2 aromatic rings. The van der Waals surface area contributed by atoms with Crippen LogP contribution in [0.2, 0.25) is 0 Å². The molecule has 2 atom stereocenters. The zero-order valence-electron chi connectivity index (χ0n) is 17.0. The van der Waals surface area contributed by atoms with Gasteiger partial charge in [-0.05, 0) is 45.1 Å². The molecule has 1 aliphatic carbocycles. The largest absolute Gasteiger partial charge is 0.388 e.